The zero-order valence-electron chi connectivity index (χ0n) is 23.1. The van der Waals surface area contributed by atoms with Gasteiger partial charge in [-0.2, -0.15) is 0 Å². The number of hydrogen-bond donors (Lipinski definition) is 0. The minimum Gasteiger partial charge on any atom is -0.457 e. The highest BCUT2D eigenvalue weighted by Crippen LogP contribution is 2.54. The number of hydrogen-bond acceptors (Lipinski definition) is 6. The monoisotopic (exact) mass is 528 g/mol. The largest absolute Gasteiger partial charge is 0.457 e. The van der Waals surface area contributed by atoms with Crippen LogP contribution in [0, 0.1) is 0 Å². The van der Waals surface area contributed by atoms with Crippen LogP contribution in [0.4, 0.5) is 0 Å². The third-order valence-electron chi connectivity index (χ3n) is 8.64. The van der Waals surface area contributed by atoms with Crippen LogP contribution >= 0.6 is 0 Å². The molecule has 0 N–H and O–H groups in total. The third-order valence-corrected chi connectivity index (χ3v) is 8.64. The number of esters is 2. The molecular weight excluding hydrogens is 492 g/mol. The number of benzene rings is 3. The number of fused-ring (bicyclic) bond motifs is 2. The number of ether oxygens (including phenoxy) is 2. The number of nitrogens with zero attached hydrogens (tertiary/aromatic N) is 2. The lowest BCUT2D eigenvalue weighted by Gasteiger charge is -2.59. The molecule has 3 aromatic carbocycles. The van der Waals surface area contributed by atoms with E-state index in [9.17, 15) is 14.4 Å². The van der Waals surface area contributed by atoms with E-state index < -0.39 is 11.0 Å². The van der Waals surface area contributed by atoms with Gasteiger partial charge < -0.3 is 19.3 Å². The van der Waals surface area contributed by atoms with Crippen molar-refractivity contribution in [2.24, 2.45) is 0 Å². The molecule has 1 saturated carbocycles. The molecule has 1 heterocycles. The summed E-state index contributed by atoms with van der Waals surface area (Å²) in [6, 6.07) is 21.4. The Bertz CT molecular complexity index is 1420. The van der Waals surface area contributed by atoms with Gasteiger partial charge in [-0.1, -0.05) is 42.5 Å². The molecule has 0 aromatic heterocycles. The molecule has 39 heavy (non-hydrogen) atoms. The maximum atomic E-state index is 13.7. The first-order chi connectivity index (χ1) is 18.6. The maximum absolute atomic E-state index is 13.7. The first-order valence-electron chi connectivity index (χ1n) is 13.6. The molecule has 1 aliphatic carbocycles. The van der Waals surface area contributed by atoms with E-state index in [1.807, 2.05) is 79.7 Å². The van der Waals surface area contributed by atoms with Gasteiger partial charge in [0.1, 0.15) is 11.4 Å². The Balaban J connectivity index is 1.53. The molecule has 1 aliphatic heterocycles. The van der Waals surface area contributed by atoms with Crippen molar-refractivity contribution in [3.8, 4) is 5.75 Å². The van der Waals surface area contributed by atoms with Crippen molar-refractivity contribution in [3.63, 3.8) is 0 Å². The van der Waals surface area contributed by atoms with E-state index in [4.69, 9.17) is 9.47 Å². The number of carbonyl (C=O) groups excluding carboxylic acids is 3. The molecule has 3 aromatic rings. The summed E-state index contributed by atoms with van der Waals surface area (Å²) in [5.41, 5.74) is 0.306. The number of amides is 1. The van der Waals surface area contributed by atoms with Gasteiger partial charge in [0.25, 0.3) is 5.91 Å². The number of likely N-dealkylation sites (N-methyl/N-ethyl adjacent to an activating group) is 1. The van der Waals surface area contributed by atoms with Gasteiger partial charge in [-0.3, -0.25) is 14.4 Å². The lowest BCUT2D eigenvalue weighted by molar-refractivity contribution is -0.187. The normalized spacial score (nSPS) is 25.0. The highest BCUT2D eigenvalue weighted by molar-refractivity contribution is 5.98. The summed E-state index contributed by atoms with van der Waals surface area (Å²) in [5.74, 6) is -0.262. The molecule has 0 radical (unpaired) electrons. The van der Waals surface area contributed by atoms with Gasteiger partial charge in [0.2, 0.25) is 0 Å². The first kappa shape index (κ1) is 26.9. The maximum Gasteiger partial charge on any atom is 0.308 e. The Kier molecular flexibility index (Phi) is 7.21. The number of rotatable bonds is 5. The summed E-state index contributed by atoms with van der Waals surface area (Å²) in [6.45, 7) is 4.26. The van der Waals surface area contributed by atoms with E-state index >= 15 is 0 Å². The van der Waals surface area contributed by atoms with Crippen LogP contribution in [-0.2, 0) is 19.7 Å². The molecule has 5 rings (SSSR count). The van der Waals surface area contributed by atoms with E-state index in [2.05, 4.69) is 4.90 Å². The van der Waals surface area contributed by atoms with Crippen molar-refractivity contribution in [1.29, 1.82) is 0 Å². The van der Waals surface area contributed by atoms with Crippen molar-refractivity contribution < 1.29 is 23.9 Å². The molecule has 3 atom stereocenters. The van der Waals surface area contributed by atoms with Gasteiger partial charge in [0, 0.05) is 44.5 Å². The number of piperidine rings is 1. The lowest BCUT2D eigenvalue weighted by Crippen LogP contribution is -2.68. The van der Waals surface area contributed by atoms with Gasteiger partial charge in [-0.05, 0) is 79.9 Å². The minimum absolute atomic E-state index is 0.0255. The fourth-order valence-corrected chi connectivity index (χ4v) is 6.81. The average Bonchev–Trinajstić information content (AvgIpc) is 2.91. The van der Waals surface area contributed by atoms with E-state index in [0.29, 0.717) is 37.1 Å². The van der Waals surface area contributed by atoms with Gasteiger partial charge in [0.15, 0.2) is 0 Å². The Morgan fingerprint density at radius 2 is 1.69 bits per heavy atom. The summed E-state index contributed by atoms with van der Waals surface area (Å²) in [6.07, 6.45) is 2.71. The molecule has 0 bridgehead atoms. The van der Waals surface area contributed by atoms with Crippen LogP contribution in [0.15, 0.2) is 66.7 Å². The summed E-state index contributed by atoms with van der Waals surface area (Å²) >= 11 is 0. The predicted octanol–water partition coefficient (Wildman–Crippen LogP) is 4.97. The molecule has 0 unspecified atom stereocenters. The number of likely N-dealkylation sites (tertiary alicyclic amines) is 1. The topological polar surface area (TPSA) is 76.2 Å². The summed E-state index contributed by atoms with van der Waals surface area (Å²) in [7, 11) is 3.92. The van der Waals surface area contributed by atoms with Crippen LogP contribution in [0.1, 0.15) is 55.5 Å². The molecule has 7 nitrogen and oxygen atoms in total. The van der Waals surface area contributed by atoms with Gasteiger partial charge in [-0.15, -0.1) is 0 Å². The third kappa shape index (κ3) is 5.03. The second-order valence-corrected chi connectivity index (χ2v) is 11.2. The molecule has 7 heteroatoms. The first-order valence-corrected chi connectivity index (χ1v) is 13.6. The zero-order chi connectivity index (χ0) is 27.8. The van der Waals surface area contributed by atoms with Crippen molar-refractivity contribution >= 4 is 28.6 Å². The Morgan fingerprint density at radius 1 is 0.923 bits per heavy atom. The summed E-state index contributed by atoms with van der Waals surface area (Å²) < 4.78 is 11.7. The van der Waals surface area contributed by atoms with Gasteiger partial charge in [0.05, 0.1) is 0 Å². The predicted molar refractivity (Wildman–Crippen MR) is 150 cm³/mol. The zero-order valence-corrected chi connectivity index (χ0v) is 23.1. The average molecular weight is 529 g/mol. The Labute approximate surface area is 229 Å². The van der Waals surface area contributed by atoms with Crippen LogP contribution in [0.2, 0.25) is 0 Å². The fraction of sp³-hybridized carbons (Fsp3) is 0.406. The molecule has 204 valence electrons. The smallest absolute Gasteiger partial charge is 0.308 e. The molecule has 2 fully saturated rings. The second-order valence-electron chi connectivity index (χ2n) is 11.2. The van der Waals surface area contributed by atoms with Crippen LogP contribution in [0.5, 0.6) is 5.75 Å². The minimum atomic E-state index is -0.760. The highest BCUT2D eigenvalue weighted by atomic mass is 16.6. The Hall–Kier alpha value is -3.71. The molecular formula is C32H36N2O5. The Morgan fingerprint density at radius 3 is 2.44 bits per heavy atom. The number of carbonyl (C=O) groups is 3. The summed E-state index contributed by atoms with van der Waals surface area (Å²) in [5, 5.41) is 2.13. The molecule has 1 saturated heterocycles. The quantitative estimate of drug-likeness (QED) is 0.344. The highest BCUT2D eigenvalue weighted by Gasteiger charge is 2.61. The fourth-order valence-electron chi connectivity index (χ4n) is 6.81. The van der Waals surface area contributed by atoms with Gasteiger partial charge >= 0.3 is 11.9 Å². The standard InChI is InChI=1S/C32H36N2O5/c1-22(35)38-29-11-7-10-27(19-29)31-16-17-33(3)21-32(31,39-23(2)36)15-14-28(20-31)34(4)30(37)26-13-12-24-8-5-6-9-25(24)18-26/h5-13,18-19,28H,14-17,20-21H2,1-4H3/t28-,31-,32-/m0/s1. The van der Waals surface area contributed by atoms with Crippen molar-refractivity contribution in [2.45, 2.75) is 56.6 Å². The molecule has 2 aliphatic rings. The molecule has 0 spiro atoms. The van der Waals surface area contributed by atoms with E-state index in [0.717, 1.165) is 29.3 Å². The SMILES string of the molecule is CC(=O)Oc1cccc([C@@]23CCN(C)C[C@@]2(OC(C)=O)CC[C@H](N(C)C(=O)c2ccc4ccccc4c2)C3)c1. The van der Waals surface area contributed by atoms with E-state index in [-0.39, 0.29) is 23.9 Å². The van der Waals surface area contributed by atoms with Crippen LogP contribution in [0.25, 0.3) is 10.8 Å². The van der Waals surface area contributed by atoms with Crippen molar-refractivity contribution in [2.75, 3.05) is 27.2 Å². The lowest BCUT2D eigenvalue weighted by atomic mass is 9.55. The van der Waals surface area contributed by atoms with Crippen molar-refractivity contribution in [1.82, 2.24) is 9.80 Å². The van der Waals surface area contributed by atoms with Crippen molar-refractivity contribution in [3.05, 3.63) is 77.9 Å². The van der Waals surface area contributed by atoms with Crippen LogP contribution < -0.4 is 4.74 Å². The molecule has 1 amide bonds. The van der Waals surface area contributed by atoms with Gasteiger partial charge in [-0.25, -0.2) is 0 Å². The van der Waals surface area contributed by atoms with Crippen LogP contribution in [-0.4, -0.2) is 66.5 Å². The van der Waals surface area contributed by atoms with E-state index in [1.54, 1.807) is 6.07 Å². The summed E-state index contributed by atoms with van der Waals surface area (Å²) in [4.78, 5) is 42.0. The second kappa shape index (κ2) is 10.5. The van der Waals surface area contributed by atoms with E-state index in [1.165, 1.54) is 13.8 Å². The van der Waals surface area contributed by atoms with Crippen LogP contribution in [0.3, 0.4) is 0 Å².